The van der Waals surface area contributed by atoms with Gasteiger partial charge in [-0.1, -0.05) is 0 Å². The topological polar surface area (TPSA) is 83.9 Å². The van der Waals surface area contributed by atoms with Gasteiger partial charge in [0.15, 0.2) is 5.17 Å². The molecular weight excluding hydrogens is 364 g/mol. The lowest BCUT2D eigenvalue weighted by Gasteiger charge is -2.27. The lowest BCUT2D eigenvalue weighted by Crippen LogP contribution is -2.33. The molecule has 0 bridgehead atoms. The molecule has 0 radical (unpaired) electrons. The molecule has 1 aromatic rings. The van der Waals surface area contributed by atoms with Crippen LogP contribution in [0, 0.1) is 0 Å². The third-order valence-electron chi connectivity index (χ3n) is 4.01. The molecule has 2 aliphatic rings. The van der Waals surface area contributed by atoms with Gasteiger partial charge in [0, 0.05) is 31.0 Å². The quantitative estimate of drug-likeness (QED) is 0.774. The lowest BCUT2D eigenvalue weighted by atomic mass is 10.1. The summed E-state index contributed by atoms with van der Waals surface area (Å²) in [5.74, 6) is -0.257. The van der Waals surface area contributed by atoms with E-state index in [1.807, 2.05) is 0 Å². The van der Waals surface area contributed by atoms with Gasteiger partial charge in [-0.25, -0.2) is 4.79 Å². The molecule has 3 heterocycles. The van der Waals surface area contributed by atoms with E-state index in [1.165, 1.54) is 18.2 Å². The summed E-state index contributed by atoms with van der Waals surface area (Å²) in [6.07, 6.45) is 7.82. The molecule has 0 aromatic carbocycles. The Kier molecular flexibility index (Phi) is 5.84. The summed E-state index contributed by atoms with van der Waals surface area (Å²) in [6.45, 7) is 7.27. The van der Waals surface area contributed by atoms with E-state index in [2.05, 4.69) is 20.2 Å². The van der Waals surface area contributed by atoms with Crippen LogP contribution in [0.2, 0.25) is 0 Å². The van der Waals surface area contributed by atoms with Gasteiger partial charge < -0.3 is 9.64 Å². The molecule has 1 saturated heterocycles. The van der Waals surface area contributed by atoms with Crippen molar-refractivity contribution in [1.82, 2.24) is 9.88 Å². The van der Waals surface area contributed by atoms with E-state index in [0.29, 0.717) is 16.2 Å². The van der Waals surface area contributed by atoms with Gasteiger partial charge in [0.05, 0.1) is 10.6 Å². The minimum absolute atomic E-state index is 0.257. The number of carbonyl (C=O) groups excluding carboxylic acids is 2. The van der Waals surface area contributed by atoms with E-state index in [4.69, 9.17) is 4.74 Å². The second-order valence-electron chi connectivity index (χ2n) is 7.45. The highest BCUT2D eigenvalue weighted by Crippen LogP contribution is 2.32. The van der Waals surface area contributed by atoms with Gasteiger partial charge in [-0.2, -0.15) is 4.99 Å². The van der Waals surface area contributed by atoms with Crippen molar-refractivity contribution in [1.29, 1.82) is 0 Å². The maximum atomic E-state index is 12.3. The maximum Gasteiger partial charge on any atom is 0.412 e. The van der Waals surface area contributed by atoms with Crippen LogP contribution < -0.4 is 5.32 Å². The molecule has 0 aliphatic carbocycles. The number of aliphatic imine (C=N–C) groups is 1. The van der Waals surface area contributed by atoms with E-state index in [1.54, 1.807) is 45.3 Å². The average molecular weight is 388 g/mol. The minimum atomic E-state index is -0.593. The number of rotatable bonds is 2. The molecule has 7 nitrogen and oxygen atoms in total. The zero-order chi connectivity index (χ0) is 19.4. The highest BCUT2D eigenvalue weighted by Gasteiger charge is 2.27. The Morgan fingerprint density at radius 1 is 1.30 bits per heavy atom. The summed E-state index contributed by atoms with van der Waals surface area (Å²) < 4.78 is 5.29. The largest absolute Gasteiger partial charge is 0.444 e. The van der Waals surface area contributed by atoms with Gasteiger partial charge in [-0.3, -0.25) is 15.1 Å². The highest BCUT2D eigenvalue weighted by atomic mass is 32.2. The molecule has 1 N–H and O–H groups in total. The third-order valence-corrected chi connectivity index (χ3v) is 5.05. The Bertz CT molecular complexity index is 792. The van der Waals surface area contributed by atoms with Crippen molar-refractivity contribution >= 4 is 40.7 Å². The Morgan fingerprint density at radius 2 is 2.04 bits per heavy atom. The molecule has 1 fully saturated rings. The normalized spacial score (nSPS) is 19.2. The number of hydrogen-bond acceptors (Lipinski definition) is 6. The number of nitrogens with zero attached hydrogens (tertiary/aromatic N) is 3. The fourth-order valence-corrected chi connectivity index (χ4v) is 3.76. The number of anilines is 1. The van der Waals surface area contributed by atoms with Gasteiger partial charge in [0.2, 0.25) is 0 Å². The molecule has 1 aromatic heterocycles. The number of ether oxygens (including phenoxy) is 1. The first-order chi connectivity index (χ1) is 12.8. The standard InChI is InChI=1S/C19H24N4O3S/c1-19(2,3)26-18(25)21-14-7-8-20-12-13(14)11-15-16(24)22-17(27-15)23-9-5-4-6-10-23/h7-8,11-12H,4-6,9-10H2,1-3H3,(H,20,21,25). The molecule has 144 valence electrons. The van der Waals surface area contributed by atoms with Crippen LogP contribution in [0.5, 0.6) is 0 Å². The van der Waals surface area contributed by atoms with E-state index in [-0.39, 0.29) is 5.91 Å². The van der Waals surface area contributed by atoms with Gasteiger partial charge in [0.1, 0.15) is 5.60 Å². The summed E-state index contributed by atoms with van der Waals surface area (Å²) in [5.41, 5.74) is 0.574. The van der Waals surface area contributed by atoms with Gasteiger partial charge >= 0.3 is 6.09 Å². The number of amidine groups is 1. The van der Waals surface area contributed by atoms with Crippen molar-refractivity contribution in [3.63, 3.8) is 0 Å². The Hall–Kier alpha value is -2.35. The predicted octanol–water partition coefficient (Wildman–Crippen LogP) is 3.88. The van der Waals surface area contributed by atoms with E-state index in [0.717, 1.165) is 31.1 Å². The van der Waals surface area contributed by atoms with Gasteiger partial charge in [0.25, 0.3) is 5.91 Å². The van der Waals surface area contributed by atoms with Crippen molar-refractivity contribution in [2.75, 3.05) is 18.4 Å². The summed E-state index contributed by atoms with van der Waals surface area (Å²) in [7, 11) is 0. The highest BCUT2D eigenvalue weighted by molar-refractivity contribution is 8.18. The second-order valence-corrected chi connectivity index (χ2v) is 8.46. The Balaban J connectivity index is 1.74. The first-order valence-electron chi connectivity index (χ1n) is 9.03. The van der Waals surface area contributed by atoms with Crippen LogP contribution in [-0.2, 0) is 9.53 Å². The summed E-state index contributed by atoms with van der Waals surface area (Å²) >= 11 is 1.37. The number of aromatic nitrogens is 1. The number of amides is 2. The Morgan fingerprint density at radius 3 is 2.74 bits per heavy atom. The number of likely N-dealkylation sites (tertiary alicyclic amines) is 1. The molecule has 0 saturated carbocycles. The number of hydrogen-bond donors (Lipinski definition) is 1. The first kappa shape index (κ1) is 19.4. The molecule has 3 rings (SSSR count). The molecule has 2 amide bonds. The lowest BCUT2D eigenvalue weighted by molar-refractivity contribution is -0.113. The number of carbonyl (C=O) groups is 2. The van der Waals surface area contributed by atoms with Gasteiger partial charge in [-0.15, -0.1) is 0 Å². The monoisotopic (exact) mass is 388 g/mol. The SMILES string of the molecule is CC(C)(C)OC(=O)Nc1ccncc1C=C1SC(N2CCCCC2)=NC1=O. The number of pyridine rings is 1. The summed E-state index contributed by atoms with van der Waals surface area (Å²) in [4.78, 5) is 35.4. The molecule has 27 heavy (non-hydrogen) atoms. The number of nitrogens with one attached hydrogen (secondary N) is 1. The fraction of sp³-hybridized carbons (Fsp3) is 0.474. The van der Waals surface area contributed by atoms with Crippen molar-refractivity contribution in [3.05, 3.63) is 28.9 Å². The third kappa shape index (κ3) is 5.32. The minimum Gasteiger partial charge on any atom is -0.444 e. The summed E-state index contributed by atoms with van der Waals surface area (Å²) in [6, 6.07) is 1.67. The smallest absolute Gasteiger partial charge is 0.412 e. The molecule has 0 unspecified atom stereocenters. The van der Waals surface area contributed by atoms with Crippen molar-refractivity contribution in [2.24, 2.45) is 4.99 Å². The zero-order valence-electron chi connectivity index (χ0n) is 15.8. The van der Waals surface area contributed by atoms with E-state index < -0.39 is 11.7 Å². The van der Waals surface area contributed by atoms with Crippen LogP contribution in [0.1, 0.15) is 45.6 Å². The predicted molar refractivity (Wildman–Crippen MR) is 108 cm³/mol. The van der Waals surface area contributed by atoms with Crippen molar-refractivity contribution in [3.8, 4) is 0 Å². The van der Waals surface area contributed by atoms with Crippen molar-refractivity contribution in [2.45, 2.75) is 45.6 Å². The molecule has 2 aliphatic heterocycles. The molecule has 0 atom stereocenters. The van der Waals surface area contributed by atoms with Crippen molar-refractivity contribution < 1.29 is 14.3 Å². The molecule has 8 heteroatoms. The molecule has 0 spiro atoms. The van der Waals surface area contributed by atoms with Gasteiger partial charge in [-0.05, 0) is 63.9 Å². The van der Waals surface area contributed by atoms with Crippen LogP contribution >= 0.6 is 11.8 Å². The van der Waals surface area contributed by atoms with E-state index >= 15 is 0 Å². The van der Waals surface area contributed by atoms with Crippen LogP contribution in [-0.4, -0.2) is 45.7 Å². The van der Waals surface area contributed by atoms with E-state index in [9.17, 15) is 9.59 Å². The fourth-order valence-electron chi connectivity index (χ4n) is 2.81. The van der Waals surface area contributed by atoms with Crippen LogP contribution in [0.25, 0.3) is 6.08 Å². The number of thioether (sulfide) groups is 1. The van der Waals surface area contributed by atoms with Crippen LogP contribution in [0.15, 0.2) is 28.4 Å². The van der Waals surface area contributed by atoms with Crippen LogP contribution in [0.3, 0.4) is 0 Å². The van der Waals surface area contributed by atoms with Crippen LogP contribution in [0.4, 0.5) is 10.5 Å². The molecular formula is C19H24N4O3S. The average Bonchev–Trinajstić information content (AvgIpc) is 2.96. The maximum absolute atomic E-state index is 12.3. The number of piperidine rings is 1. The summed E-state index contributed by atoms with van der Waals surface area (Å²) in [5, 5.41) is 3.48. The second kappa shape index (κ2) is 8.12. The Labute approximate surface area is 163 Å². The first-order valence-corrected chi connectivity index (χ1v) is 9.85. The zero-order valence-corrected chi connectivity index (χ0v) is 16.6.